The fourth-order valence-corrected chi connectivity index (χ4v) is 5.44. The molecule has 8 heteroatoms. The minimum absolute atomic E-state index is 0.0864. The van der Waals surface area contributed by atoms with Crippen LogP contribution < -0.4 is 9.62 Å². The Bertz CT molecular complexity index is 1330. The Balaban J connectivity index is 2.01. The summed E-state index contributed by atoms with van der Waals surface area (Å²) in [6.07, 6.45) is 0.765. The van der Waals surface area contributed by atoms with Crippen LogP contribution >= 0.6 is 0 Å². The molecule has 3 aromatic rings. The van der Waals surface area contributed by atoms with Crippen LogP contribution in [0.1, 0.15) is 37.0 Å². The summed E-state index contributed by atoms with van der Waals surface area (Å²) in [5.41, 5.74) is 3.13. The number of nitrogens with one attached hydrogen (secondary N) is 1. The summed E-state index contributed by atoms with van der Waals surface area (Å²) in [6, 6.07) is 22.0. The maximum absolute atomic E-state index is 13.8. The van der Waals surface area contributed by atoms with Crippen LogP contribution in [0.15, 0.2) is 83.8 Å². The molecule has 7 nitrogen and oxygen atoms in total. The van der Waals surface area contributed by atoms with Crippen molar-refractivity contribution in [2.45, 2.75) is 51.6 Å². The van der Waals surface area contributed by atoms with E-state index in [0.29, 0.717) is 12.2 Å². The first kappa shape index (κ1) is 27.9. The van der Waals surface area contributed by atoms with Gasteiger partial charge in [0, 0.05) is 13.1 Å². The highest BCUT2D eigenvalue weighted by atomic mass is 32.2. The third-order valence-corrected chi connectivity index (χ3v) is 7.84. The summed E-state index contributed by atoms with van der Waals surface area (Å²) >= 11 is 0. The molecule has 3 rings (SSSR count). The number of amides is 2. The van der Waals surface area contributed by atoms with E-state index < -0.39 is 28.5 Å². The monoisotopic (exact) mass is 521 g/mol. The Morgan fingerprint density at radius 1 is 0.892 bits per heavy atom. The lowest BCUT2D eigenvalue weighted by Crippen LogP contribution is -2.51. The fraction of sp³-hybridized carbons (Fsp3) is 0.310. The molecule has 2 amide bonds. The molecule has 1 atom stereocenters. The predicted octanol–water partition coefficient (Wildman–Crippen LogP) is 4.44. The molecule has 37 heavy (non-hydrogen) atoms. The normalized spacial score (nSPS) is 12.0. The number of nitrogens with zero attached hydrogens (tertiary/aromatic N) is 2. The Labute approximate surface area is 220 Å². The molecule has 0 aliphatic carbocycles. The third kappa shape index (κ3) is 7.20. The second-order valence-electron chi connectivity index (χ2n) is 9.14. The zero-order valence-corrected chi connectivity index (χ0v) is 22.7. The average molecular weight is 522 g/mol. The molecule has 0 aliphatic heterocycles. The number of carbonyl (C=O) groups excluding carboxylic acids is 2. The van der Waals surface area contributed by atoms with Gasteiger partial charge in [0.05, 0.1) is 10.6 Å². The highest BCUT2D eigenvalue weighted by Gasteiger charge is 2.32. The van der Waals surface area contributed by atoms with Crippen LogP contribution in [0.25, 0.3) is 0 Å². The standard InChI is InChI=1S/C29H35N3O4S/c1-5-17-30-29(34)24(4)31(20-25-13-9-11-22(2)18-25)28(33)21-32(26-14-10-12-23(3)19-26)37(35,36)27-15-7-6-8-16-27/h6-16,18-19,24H,5,17,20-21H2,1-4H3,(H,30,34). The third-order valence-electron chi connectivity index (χ3n) is 6.05. The molecular formula is C29H35N3O4S. The summed E-state index contributed by atoms with van der Waals surface area (Å²) in [5.74, 6) is -0.752. The van der Waals surface area contributed by atoms with E-state index >= 15 is 0 Å². The van der Waals surface area contributed by atoms with Gasteiger partial charge in [-0.25, -0.2) is 8.42 Å². The van der Waals surface area contributed by atoms with Crippen molar-refractivity contribution in [2.75, 3.05) is 17.4 Å². The SMILES string of the molecule is CCCNC(=O)C(C)N(Cc1cccc(C)c1)C(=O)CN(c1cccc(C)c1)S(=O)(=O)c1ccccc1. The molecule has 0 aliphatic rings. The lowest BCUT2D eigenvalue weighted by molar-refractivity contribution is -0.139. The van der Waals surface area contributed by atoms with Crippen molar-refractivity contribution < 1.29 is 18.0 Å². The van der Waals surface area contributed by atoms with Crippen LogP contribution in [0.5, 0.6) is 0 Å². The van der Waals surface area contributed by atoms with Crippen molar-refractivity contribution in [1.82, 2.24) is 10.2 Å². The van der Waals surface area contributed by atoms with E-state index in [1.165, 1.54) is 17.0 Å². The number of carbonyl (C=O) groups is 2. The van der Waals surface area contributed by atoms with E-state index in [1.54, 1.807) is 43.3 Å². The summed E-state index contributed by atoms with van der Waals surface area (Å²) in [5, 5.41) is 2.85. The highest BCUT2D eigenvalue weighted by Crippen LogP contribution is 2.25. The molecule has 0 fully saturated rings. The van der Waals surface area contributed by atoms with Gasteiger partial charge in [-0.3, -0.25) is 13.9 Å². The van der Waals surface area contributed by atoms with Crippen LogP contribution in [-0.4, -0.2) is 44.3 Å². The molecule has 0 aromatic heterocycles. The Morgan fingerprint density at radius 3 is 2.16 bits per heavy atom. The molecule has 0 saturated carbocycles. The number of sulfonamides is 1. The minimum Gasteiger partial charge on any atom is -0.354 e. The van der Waals surface area contributed by atoms with Crippen molar-refractivity contribution in [3.63, 3.8) is 0 Å². The first-order valence-corrected chi connectivity index (χ1v) is 13.8. The van der Waals surface area contributed by atoms with Crippen LogP contribution in [0.2, 0.25) is 0 Å². The maximum Gasteiger partial charge on any atom is 0.264 e. The van der Waals surface area contributed by atoms with E-state index in [9.17, 15) is 18.0 Å². The maximum atomic E-state index is 13.8. The molecule has 0 heterocycles. The number of aryl methyl sites for hydroxylation is 2. The largest absolute Gasteiger partial charge is 0.354 e. The lowest BCUT2D eigenvalue weighted by Gasteiger charge is -2.32. The minimum atomic E-state index is -4.05. The number of rotatable bonds is 11. The predicted molar refractivity (Wildman–Crippen MR) is 147 cm³/mol. The first-order chi connectivity index (χ1) is 17.6. The van der Waals surface area contributed by atoms with E-state index in [0.717, 1.165) is 27.4 Å². The second-order valence-corrected chi connectivity index (χ2v) is 11.0. The quantitative estimate of drug-likeness (QED) is 0.404. The van der Waals surface area contributed by atoms with Gasteiger partial charge in [0.15, 0.2) is 0 Å². The lowest BCUT2D eigenvalue weighted by atomic mass is 10.1. The van der Waals surface area contributed by atoms with E-state index in [-0.39, 0.29) is 17.3 Å². The van der Waals surface area contributed by atoms with Gasteiger partial charge in [-0.1, -0.05) is 67.1 Å². The van der Waals surface area contributed by atoms with Gasteiger partial charge >= 0.3 is 0 Å². The van der Waals surface area contributed by atoms with Crippen LogP contribution in [0.4, 0.5) is 5.69 Å². The zero-order chi connectivity index (χ0) is 27.0. The van der Waals surface area contributed by atoms with Gasteiger partial charge in [-0.2, -0.15) is 0 Å². The van der Waals surface area contributed by atoms with Crippen molar-refractivity contribution in [2.24, 2.45) is 0 Å². The molecule has 3 aromatic carbocycles. The number of benzene rings is 3. The van der Waals surface area contributed by atoms with Gasteiger partial charge in [0.25, 0.3) is 10.0 Å². The molecule has 0 radical (unpaired) electrons. The van der Waals surface area contributed by atoms with Gasteiger partial charge in [-0.05, 0) is 62.6 Å². The Kier molecular flexibility index (Phi) is 9.47. The van der Waals surface area contributed by atoms with Gasteiger partial charge in [0.2, 0.25) is 11.8 Å². The van der Waals surface area contributed by atoms with Crippen LogP contribution in [0, 0.1) is 13.8 Å². The molecule has 0 saturated heterocycles. The summed E-state index contributed by atoms with van der Waals surface area (Å²) in [4.78, 5) is 28.3. The van der Waals surface area contributed by atoms with E-state index in [4.69, 9.17) is 0 Å². The summed E-state index contributed by atoms with van der Waals surface area (Å²) in [6.45, 7) is 7.66. The summed E-state index contributed by atoms with van der Waals surface area (Å²) in [7, 11) is -4.05. The van der Waals surface area contributed by atoms with E-state index in [1.807, 2.05) is 51.1 Å². The van der Waals surface area contributed by atoms with Crippen LogP contribution in [0.3, 0.4) is 0 Å². The molecular weight excluding hydrogens is 486 g/mol. The van der Waals surface area contributed by atoms with Gasteiger partial charge in [0.1, 0.15) is 12.6 Å². The first-order valence-electron chi connectivity index (χ1n) is 12.4. The smallest absolute Gasteiger partial charge is 0.264 e. The molecule has 0 bridgehead atoms. The van der Waals surface area contributed by atoms with Crippen LogP contribution in [-0.2, 0) is 26.2 Å². The highest BCUT2D eigenvalue weighted by molar-refractivity contribution is 7.92. The number of hydrogen-bond donors (Lipinski definition) is 1. The fourth-order valence-electron chi connectivity index (χ4n) is 4.02. The van der Waals surface area contributed by atoms with Crippen molar-refractivity contribution in [3.05, 3.63) is 95.6 Å². The van der Waals surface area contributed by atoms with Crippen molar-refractivity contribution >= 4 is 27.5 Å². The zero-order valence-electron chi connectivity index (χ0n) is 21.8. The summed E-state index contributed by atoms with van der Waals surface area (Å²) < 4.78 is 28.6. The topological polar surface area (TPSA) is 86.8 Å². The number of anilines is 1. The molecule has 0 spiro atoms. The second kappa shape index (κ2) is 12.5. The van der Waals surface area contributed by atoms with Crippen molar-refractivity contribution in [3.8, 4) is 0 Å². The molecule has 1 unspecified atom stereocenters. The van der Waals surface area contributed by atoms with Gasteiger partial charge < -0.3 is 10.2 Å². The Hall–Kier alpha value is -3.65. The number of hydrogen-bond acceptors (Lipinski definition) is 4. The van der Waals surface area contributed by atoms with E-state index in [2.05, 4.69) is 5.32 Å². The van der Waals surface area contributed by atoms with Gasteiger partial charge in [-0.15, -0.1) is 0 Å². The average Bonchev–Trinajstić information content (AvgIpc) is 2.88. The Morgan fingerprint density at radius 2 is 1.54 bits per heavy atom. The van der Waals surface area contributed by atoms with Crippen molar-refractivity contribution in [1.29, 1.82) is 0 Å². The molecule has 196 valence electrons. The molecule has 1 N–H and O–H groups in total.